The number of allylic oxidation sites excluding steroid dienone is 1. The number of carbonyl (C=O) groups excluding carboxylic acids is 2. The summed E-state index contributed by atoms with van der Waals surface area (Å²) in [6, 6.07) is 15.0. The third-order valence-corrected chi connectivity index (χ3v) is 4.31. The zero-order valence-corrected chi connectivity index (χ0v) is 15.2. The lowest BCUT2D eigenvalue weighted by molar-refractivity contribution is -0.384. The molecular weight excluding hydrogens is 393 g/mol. The summed E-state index contributed by atoms with van der Waals surface area (Å²) < 4.78 is 24.2. The number of non-ortho nitro benzene ring substituents is 1. The Balaban J connectivity index is 1.52. The number of carbonyl (C=O) groups is 2. The first-order valence-electron chi connectivity index (χ1n) is 8.71. The van der Waals surface area contributed by atoms with E-state index in [4.69, 9.17) is 9.47 Å². The van der Waals surface area contributed by atoms with Gasteiger partial charge in [-0.2, -0.15) is 0 Å². The van der Waals surface area contributed by atoms with Crippen molar-refractivity contribution >= 4 is 23.5 Å². The van der Waals surface area contributed by atoms with Gasteiger partial charge in [-0.05, 0) is 48.0 Å². The minimum Gasteiger partial charge on any atom is -0.452 e. The first kappa shape index (κ1) is 19.0. The Labute approximate surface area is 169 Å². The molecular formula is C22H12FNO6. The minimum atomic E-state index is -0.718. The Bertz CT molecular complexity index is 1220. The lowest BCUT2D eigenvalue weighted by Crippen LogP contribution is -2.08. The van der Waals surface area contributed by atoms with Crippen LogP contribution in [0.3, 0.4) is 0 Å². The van der Waals surface area contributed by atoms with Gasteiger partial charge in [0.05, 0.1) is 16.1 Å². The van der Waals surface area contributed by atoms with E-state index in [0.717, 1.165) is 0 Å². The average molecular weight is 405 g/mol. The van der Waals surface area contributed by atoms with Gasteiger partial charge in [0, 0.05) is 18.2 Å². The second-order valence-corrected chi connectivity index (χ2v) is 6.35. The first-order valence-corrected chi connectivity index (χ1v) is 8.71. The number of nitrogens with zero attached hydrogens (tertiary/aromatic N) is 1. The van der Waals surface area contributed by atoms with Crippen molar-refractivity contribution in [3.05, 3.63) is 105 Å². The van der Waals surface area contributed by atoms with E-state index in [1.807, 2.05) is 0 Å². The molecule has 7 nitrogen and oxygen atoms in total. The molecule has 8 heteroatoms. The summed E-state index contributed by atoms with van der Waals surface area (Å²) in [6.07, 6.45) is 1.42. The number of benzene rings is 3. The van der Waals surface area contributed by atoms with Crippen molar-refractivity contribution in [2.24, 2.45) is 0 Å². The molecule has 1 aliphatic heterocycles. The number of hydrogen-bond donors (Lipinski definition) is 0. The van der Waals surface area contributed by atoms with Gasteiger partial charge in [0.2, 0.25) is 5.78 Å². The van der Waals surface area contributed by atoms with Crippen molar-refractivity contribution in [3.63, 3.8) is 0 Å². The number of nitro groups is 1. The molecule has 0 saturated carbocycles. The molecule has 4 rings (SSSR count). The van der Waals surface area contributed by atoms with Crippen LogP contribution in [-0.4, -0.2) is 16.7 Å². The molecule has 148 valence electrons. The minimum absolute atomic E-state index is 0.0226. The van der Waals surface area contributed by atoms with Crippen LogP contribution < -0.4 is 9.47 Å². The molecule has 0 unspecified atom stereocenters. The number of Topliss-reactive ketones (excluding diaryl/α,β-unsaturated/α-hetero) is 1. The number of halogens is 1. The second kappa shape index (κ2) is 7.59. The van der Waals surface area contributed by atoms with Gasteiger partial charge in [-0.3, -0.25) is 14.9 Å². The Morgan fingerprint density at radius 1 is 1.07 bits per heavy atom. The molecule has 0 fully saturated rings. The fourth-order valence-electron chi connectivity index (χ4n) is 2.86. The van der Waals surface area contributed by atoms with Crippen LogP contribution >= 0.6 is 0 Å². The fraction of sp³-hybridized carbons (Fsp3) is 0. The van der Waals surface area contributed by atoms with Crippen LogP contribution in [0.15, 0.2) is 72.5 Å². The number of fused-ring (bicyclic) bond motifs is 1. The van der Waals surface area contributed by atoms with Gasteiger partial charge in [-0.15, -0.1) is 0 Å². The predicted molar refractivity (Wildman–Crippen MR) is 104 cm³/mol. The third-order valence-electron chi connectivity index (χ3n) is 4.31. The normalized spacial score (nSPS) is 13.6. The highest BCUT2D eigenvalue weighted by atomic mass is 19.1. The van der Waals surface area contributed by atoms with Gasteiger partial charge < -0.3 is 9.47 Å². The number of ether oxygens (including phenoxy) is 2. The lowest BCUT2D eigenvalue weighted by Gasteiger charge is -2.05. The Kier molecular flexibility index (Phi) is 4.81. The van der Waals surface area contributed by atoms with E-state index < -0.39 is 16.7 Å². The van der Waals surface area contributed by atoms with Gasteiger partial charge in [0.15, 0.2) is 5.76 Å². The molecule has 0 bridgehead atoms. The quantitative estimate of drug-likeness (QED) is 0.207. The van der Waals surface area contributed by atoms with Crippen LogP contribution in [0.1, 0.15) is 26.3 Å². The van der Waals surface area contributed by atoms with Crippen LogP contribution in [0, 0.1) is 15.9 Å². The monoisotopic (exact) mass is 405 g/mol. The smallest absolute Gasteiger partial charge is 0.343 e. The summed E-state index contributed by atoms with van der Waals surface area (Å²) in [7, 11) is 0. The summed E-state index contributed by atoms with van der Waals surface area (Å²) in [5.74, 6) is -1.16. The summed E-state index contributed by atoms with van der Waals surface area (Å²) >= 11 is 0. The highest BCUT2D eigenvalue weighted by Gasteiger charge is 2.28. The fourth-order valence-corrected chi connectivity index (χ4v) is 2.86. The molecule has 0 atom stereocenters. The largest absolute Gasteiger partial charge is 0.452 e. The Morgan fingerprint density at radius 2 is 1.83 bits per heavy atom. The van der Waals surface area contributed by atoms with E-state index in [-0.39, 0.29) is 39.9 Å². The Hall–Kier alpha value is -4.33. The van der Waals surface area contributed by atoms with Crippen LogP contribution in [0.25, 0.3) is 6.08 Å². The maximum atomic E-state index is 13.3. The Morgan fingerprint density at radius 3 is 2.53 bits per heavy atom. The summed E-state index contributed by atoms with van der Waals surface area (Å²) in [6.45, 7) is 0. The standard InChI is InChI=1S/C22H12FNO6/c23-15-3-1-2-13(10-15)11-20-21(25)18-9-8-17(12-19(18)30-20)29-22(26)14-4-6-16(7-5-14)24(27)28/h1-12H/b20-11+. The second-order valence-electron chi connectivity index (χ2n) is 6.35. The van der Waals surface area contributed by atoms with Crippen LogP contribution in [-0.2, 0) is 0 Å². The molecule has 0 N–H and O–H groups in total. The van der Waals surface area contributed by atoms with E-state index in [0.29, 0.717) is 5.56 Å². The van der Waals surface area contributed by atoms with E-state index in [1.54, 1.807) is 6.07 Å². The molecule has 3 aromatic rings. The van der Waals surface area contributed by atoms with Crippen molar-refractivity contribution in [2.75, 3.05) is 0 Å². The number of rotatable bonds is 4. The molecule has 30 heavy (non-hydrogen) atoms. The van der Waals surface area contributed by atoms with Gasteiger partial charge in [-0.25, -0.2) is 9.18 Å². The molecule has 0 aromatic heterocycles. The van der Waals surface area contributed by atoms with Gasteiger partial charge in [0.25, 0.3) is 5.69 Å². The van der Waals surface area contributed by atoms with Crippen LogP contribution in [0.5, 0.6) is 11.5 Å². The molecule has 0 saturated heterocycles. The molecule has 3 aromatic carbocycles. The molecule has 0 aliphatic carbocycles. The zero-order chi connectivity index (χ0) is 21.3. The summed E-state index contributed by atoms with van der Waals surface area (Å²) in [4.78, 5) is 34.8. The van der Waals surface area contributed by atoms with Crippen molar-refractivity contribution in [3.8, 4) is 11.5 Å². The van der Waals surface area contributed by atoms with E-state index in [1.165, 1.54) is 66.7 Å². The number of hydrogen-bond acceptors (Lipinski definition) is 6. The van der Waals surface area contributed by atoms with Gasteiger partial charge >= 0.3 is 5.97 Å². The SMILES string of the molecule is O=C(Oc1ccc2c(c1)O/C(=C/c1cccc(F)c1)C2=O)c1ccc([N+](=O)[O-])cc1. The van der Waals surface area contributed by atoms with Crippen molar-refractivity contribution in [1.29, 1.82) is 0 Å². The van der Waals surface area contributed by atoms with Crippen molar-refractivity contribution in [2.45, 2.75) is 0 Å². The molecule has 1 heterocycles. The van der Waals surface area contributed by atoms with Gasteiger partial charge in [-0.1, -0.05) is 12.1 Å². The molecule has 1 aliphatic rings. The topological polar surface area (TPSA) is 95.7 Å². The highest BCUT2D eigenvalue weighted by Crippen LogP contribution is 2.35. The number of ketones is 1. The van der Waals surface area contributed by atoms with Crippen molar-refractivity contribution < 1.29 is 28.4 Å². The highest BCUT2D eigenvalue weighted by molar-refractivity contribution is 6.14. The number of nitro benzene ring substituents is 1. The summed E-state index contributed by atoms with van der Waals surface area (Å²) in [5.41, 5.74) is 0.738. The number of esters is 1. The lowest BCUT2D eigenvalue weighted by atomic mass is 10.1. The predicted octanol–water partition coefficient (Wildman–Crippen LogP) is 4.57. The van der Waals surface area contributed by atoms with Crippen LogP contribution in [0.2, 0.25) is 0 Å². The zero-order valence-electron chi connectivity index (χ0n) is 15.2. The third kappa shape index (κ3) is 3.79. The first-order chi connectivity index (χ1) is 14.4. The maximum Gasteiger partial charge on any atom is 0.343 e. The molecule has 0 radical (unpaired) electrons. The van der Waals surface area contributed by atoms with Gasteiger partial charge in [0.1, 0.15) is 17.3 Å². The molecule has 0 amide bonds. The van der Waals surface area contributed by atoms with E-state index >= 15 is 0 Å². The van der Waals surface area contributed by atoms with E-state index in [2.05, 4.69) is 0 Å². The van der Waals surface area contributed by atoms with Crippen LogP contribution in [0.4, 0.5) is 10.1 Å². The maximum absolute atomic E-state index is 13.3. The summed E-state index contributed by atoms with van der Waals surface area (Å²) in [5, 5.41) is 10.7. The van der Waals surface area contributed by atoms with Crippen molar-refractivity contribution in [1.82, 2.24) is 0 Å². The van der Waals surface area contributed by atoms with E-state index in [9.17, 15) is 24.1 Å². The molecule has 0 spiro atoms. The average Bonchev–Trinajstić information content (AvgIpc) is 3.03.